The zero-order valence-electron chi connectivity index (χ0n) is 18.7. The van der Waals surface area contributed by atoms with Gasteiger partial charge in [0.2, 0.25) is 11.8 Å². The molecule has 5 aliphatic rings. The van der Waals surface area contributed by atoms with Crippen molar-refractivity contribution in [2.75, 3.05) is 11.9 Å². The summed E-state index contributed by atoms with van der Waals surface area (Å²) in [5, 5.41) is 14.2. The van der Waals surface area contributed by atoms with Crippen LogP contribution in [0.3, 0.4) is 0 Å². The van der Waals surface area contributed by atoms with Crippen molar-refractivity contribution in [3.05, 3.63) is 35.9 Å². The van der Waals surface area contributed by atoms with E-state index >= 15 is 0 Å². The Morgan fingerprint density at radius 1 is 1.22 bits per heavy atom. The van der Waals surface area contributed by atoms with Crippen LogP contribution in [0.25, 0.3) is 0 Å². The number of furan rings is 1. The standard InChI is InChI=1S/C25H32N4O3/c1-29(20-7-4-8-32-20)24-26-14-19(22(28-24)16-5-2-3-6-16)23(30)27-21-17-9-15-10-18(21)13-25(31,11-15)12-17/h4,7-8,14-18,21,31H,2-3,5-6,9-13H2,1H3,(H,27,30). The van der Waals surface area contributed by atoms with Gasteiger partial charge in [-0.25, -0.2) is 9.97 Å². The molecule has 2 atom stereocenters. The lowest BCUT2D eigenvalue weighted by atomic mass is 9.52. The van der Waals surface area contributed by atoms with Gasteiger partial charge in [-0.3, -0.25) is 9.69 Å². The average molecular weight is 437 g/mol. The molecule has 4 bridgehead atoms. The smallest absolute Gasteiger partial charge is 0.254 e. The van der Waals surface area contributed by atoms with Gasteiger partial charge < -0.3 is 14.8 Å². The fourth-order valence-electron chi connectivity index (χ4n) is 7.24. The van der Waals surface area contributed by atoms with Crippen LogP contribution in [0.5, 0.6) is 0 Å². The van der Waals surface area contributed by atoms with Gasteiger partial charge in [-0.2, -0.15) is 0 Å². The lowest BCUT2D eigenvalue weighted by Crippen LogP contribution is -2.61. The predicted octanol–water partition coefficient (Wildman–Crippen LogP) is 4.16. The monoisotopic (exact) mass is 436 g/mol. The molecule has 170 valence electrons. The Bertz CT molecular complexity index is 985. The van der Waals surface area contributed by atoms with Gasteiger partial charge in [0.25, 0.3) is 5.91 Å². The minimum absolute atomic E-state index is 0.0523. The molecule has 2 unspecified atom stereocenters. The molecule has 5 fully saturated rings. The van der Waals surface area contributed by atoms with Gasteiger partial charge in [0.15, 0.2) is 0 Å². The zero-order valence-corrected chi connectivity index (χ0v) is 18.7. The van der Waals surface area contributed by atoms with Crippen LogP contribution in [0.4, 0.5) is 11.8 Å². The van der Waals surface area contributed by atoms with Crippen molar-refractivity contribution < 1.29 is 14.3 Å². The molecular formula is C25H32N4O3. The zero-order chi connectivity index (χ0) is 21.9. The summed E-state index contributed by atoms with van der Waals surface area (Å²) in [6, 6.07) is 3.87. The van der Waals surface area contributed by atoms with Crippen LogP contribution in [-0.4, -0.2) is 39.7 Å². The minimum Gasteiger partial charge on any atom is -0.448 e. The molecule has 32 heavy (non-hydrogen) atoms. The first kappa shape index (κ1) is 20.2. The van der Waals surface area contributed by atoms with Crippen LogP contribution in [0, 0.1) is 17.8 Å². The summed E-state index contributed by atoms with van der Waals surface area (Å²) in [5.41, 5.74) is 0.986. The summed E-state index contributed by atoms with van der Waals surface area (Å²) in [5.74, 6) is 2.86. The van der Waals surface area contributed by atoms with Crippen molar-refractivity contribution >= 4 is 17.7 Å². The molecule has 2 heterocycles. The van der Waals surface area contributed by atoms with Crippen LogP contribution in [0.1, 0.15) is 79.8 Å². The highest BCUT2D eigenvalue weighted by Crippen LogP contribution is 2.55. The SMILES string of the molecule is CN(c1ncc(C(=O)NC2C3CC4CC2CC(O)(C4)C3)c(C2CCCC2)n1)c1ccco1. The summed E-state index contributed by atoms with van der Waals surface area (Å²) in [6.07, 6.45) is 12.7. The number of aliphatic hydroxyl groups is 1. The van der Waals surface area contributed by atoms with E-state index in [9.17, 15) is 9.90 Å². The van der Waals surface area contributed by atoms with Crippen molar-refractivity contribution in [1.29, 1.82) is 0 Å². The second-order valence-corrected chi connectivity index (χ2v) is 10.7. The normalized spacial score (nSPS) is 33.6. The molecule has 5 aliphatic carbocycles. The van der Waals surface area contributed by atoms with Gasteiger partial charge in [-0.05, 0) is 68.8 Å². The third-order valence-electron chi connectivity index (χ3n) is 8.47. The molecule has 0 spiro atoms. The van der Waals surface area contributed by atoms with Crippen molar-refractivity contribution in [3.8, 4) is 0 Å². The molecule has 0 saturated heterocycles. The van der Waals surface area contributed by atoms with E-state index in [1.807, 2.05) is 24.1 Å². The van der Waals surface area contributed by atoms with E-state index < -0.39 is 5.60 Å². The largest absolute Gasteiger partial charge is 0.448 e. The topological polar surface area (TPSA) is 91.5 Å². The molecule has 2 aromatic heterocycles. The third kappa shape index (κ3) is 3.41. The molecule has 2 aromatic rings. The maximum absolute atomic E-state index is 13.5. The highest BCUT2D eigenvalue weighted by atomic mass is 16.3. The Morgan fingerprint density at radius 3 is 2.62 bits per heavy atom. The van der Waals surface area contributed by atoms with E-state index in [1.54, 1.807) is 12.5 Å². The van der Waals surface area contributed by atoms with E-state index in [-0.39, 0.29) is 11.9 Å². The number of hydrogen-bond donors (Lipinski definition) is 2. The number of nitrogens with one attached hydrogen (secondary N) is 1. The Hall–Kier alpha value is -2.41. The quantitative estimate of drug-likeness (QED) is 0.731. The van der Waals surface area contributed by atoms with E-state index in [0.29, 0.717) is 41.1 Å². The van der Waals surface area contributed by atoms with Gasteiger partial charge in [-0.15, -0.1) is 0 Å². The Balaban J connectivity index is 1.27. The van der Waals surface area contributed by atoms with E-state index in [4.69, 9.17) is 9.40 Å². The number of hydrogen-bond acceptors (Lipinski definition) is 6. The maximum Gasteiger partial charge on any atom is 0.254 e. The molecule has 7 nitrogen and oxygen atoms in total. The number of aromatic nitrogens is 2. The fraction of sp³-hybridized carbons (Fsp3) is 0.640. The first-order valence-electron chi connectivity index (χ1n) is 12.2. The molecule has 7 rings (SSSR count). The van der Waals surface area contributed by atoms with Crippen molar-refractivity contribution in [1.82, 2.24) is 15.3 Å². The Morgan fingerprint density at radius 2 is 1.97 bits per heavy atom. The van der Waals surface area contributed by atoms with Gasteiger partial charge >= 0.3 is 0 Å². The number of rotatable bonds is 5. The van der Waals surface area contributed by atoms with Crippen molar-refractivity contribution in [3.63, 3.8) is 0 Å². The van der Waals surface area contributed by atoms with E-state index in [1.165, 1.54) is 12.8 Å². The van der Waals surface area contributed by atoms with Crippen LogP contribution < -0.4 is 10.2 Å². The van der Waals surface area contributed by atoms with E-state index in [0.717, 1.165) is 50.6 Å². The third-order valence-corrected chi connectivity index (χ3v) is 8.47. The number of anilines is 2. The van der Waals surface area contributed by atoms with E-state index in [2.05, 4.69) is 10.3 Å². The summed E-state index contributed by atoms with van der Waals surface area (Å²) < 4.78 is 5.50. The molecule has 0 aromatic carbocycles. The maximum atomic E-state index is 13.5. The molecule has 1 amide bonds. The minimum atomic E-state index is -0.492. The van der Waals surface area contributed by atoms with Gasteiger partial charge in [0, 0.05) is 31.3 Å². The highest BCUT2D eigenvalue weighted by molar-refractivity contribution is 5.95. The van der Waals surface area contributed by atoms with Crippen molar-refractivity contribution in [2.24, 2.45) is 17.8 Å². The molecular weight excluding hydrogens is 404 g/mol. The van der Waals surface area contributed by atoms with Gasteiger partial charge in [-0.1, -0.05) is 12.8 Å². The molecule has 2 N–H and O–H groups in total. The summed E-state index contributed by atoms with van der Waals surface area (Å²) in [4.78, 5) is 24.8. The molecule has 7 heteroatoms. The highest BCUT2D eigenvalue weighted by Gasteiger charge is 2.55. The summed E-state index contributed by atoms with van der Waals surface area (Å²) >= 11 is 0. The van der Waals surface area contributed by atoms with Gasteiger partial charge in [0.1, 0.15) is 0 Å². The fourth-order valence-corrected chi connectivity index (χ4v) is 7.24. The number of amides is 1. The Kier molecular flexibility index (Phi) is 4.79. The molecule has 0 aliphatic heterocycles. The number of carbonyl (C=O) groups excluding carboxylic acids is 1. The lowest BCUT2D eigenvalue weighted by Gasteiger charge is -2.58. The van der Waals surface area contributed by atoms with Gasteiger partial charge in [0.05, 0.1) is 23.1 Å². The van der Waals surface area contributed by atoms with Crippen molar-refractivity contribution in [2.45, 2.75) is 75.3 Å². The molecule has 0 radical (unpaired) electrons. The first-order chi connectivity index (χ1) is 15.5. The first-order valence-corrected chi connectivity index (χ1v) is 12.2. The lowest BCUT2D eigenvalue weighted by molar-refractivity contribution is -0.136. The second-order valence-electron chi connectivity index (χ2n) is 10.7. The van der Waals surface area contributed by atoms with Crippen LogP contribution >= 0.6 is 0 Å². The van der Waals surface area contributed by atoms with Crippen LogP contribution in [0.2, 0.25) is 0 Å². The second kappa shape index (κ2) is 7.58. The number of carbonyl (C=O) groups is 1. The summed E-state index contributed by atoms with van der Waals surface area (Å²) in [6.45, 7) is 0. The summed E-state index contributed by atoms with van der Waals surface area (Å²) in [7, 11) is 1.88. The predicted molar refractivity (Wildman–Crippen MR) is 120 cm³/mol. The van der Waals surface area contributed by atoms with Crippen LogP contribution in [-0.2, 0) is 0 Å². The van der Waals surface area contributed by atoms with Crippen LogP contribution in [0.15, 0.2) is 29.0 Å². The Labute approximate surface area is 188 Å². The molecule has 5 saturated carbocycles. The number of nitrogens with zero attached hydrogens (tertiary/aromatic N) is 3. The average Bonchev–Trinajstić information content (AvgIpc) is 3.48.